The molecule has 0 unspecified atom stereocenters. The zero-order valence-electron chi connectivity index (χ0n) is 14.4. The lowest BCUT2D eigenvalue weighted by atomic mass is 9.96. The highest BCUT2D eigenvalue weighted by atomic mass is 16.5. The quantitative estimate of drug-likeness (QED) is 0.924. The summed E-state index contributed by atoms with van der Waals surface area (Å²) >= 11 is 0. The van der Waals surface area contributed by atoms with Crippen molar-refractivity contribution in [1.82, 2.24) is 14.9 Å². The molecule has 1 aromatic heterocycles. The first-order valence-corrected chi connectivity index (χ1v) is 8.66. The Hall–Kier alpha value is -2.30. The summed E-state index contributed by atoms with van der Waals surface area (Å²) in [5.41, 5.74) is 2.82. The standard InChI is InChI=1S/C19H23N3O2/c1-11-9-22-10-14(7-8-17(22)20-11)21-19(23)16-6-4-5-15-12(2)13(3)24-18(15)16/h4-6,9,12-14H,7-8,10H2,1-3H3,(H,21,23)/t12-,13+,14-/m0/s1. The van der Waals surface area contributed by atoms with Crippen LogP contribution in [0, 0.1) is 6.92 Å². The largest absolute Gasteiger partial charge is 0.489 e. The van der Waals surface area contributed by atoms with Gasteiger partial charge in [0.25, 0.3) is 5.91 Å². The van der Waals surface area contributed by atoms with E-state index in [0.717, 1.165) is 42.2 Å². The van der Waals surface area contributed by atoms with Gasteiger partial charge in [0, 0.05) is 36.7 Å². The van der Waals surface area contributed by atoms with Gasteiger partial charge >= 0.3 is 0 Å². The van der Waals surface area contributed by atoms with Gasteiger partial charge in [-0.05, 0) is 26.3 Å². The molecule has 0 radical (unpaired) electrons. The van der Waals surface area contributed by atoms with Crippen molar-refractivity contribution in [2.75, 3.05) is 0 Å². The fraction of sp³-hybridized carbons (Fsp3) is 0.474. The minimum Gasteiger partial charge on any atom is -0.489 e. The number of hydrogen-bond donors (Lipinski definition) is 1. The van der Waals surface area contributed by atoms with Gasteiger partial charge in [-0.1, -0.05) is 19.1 Å². The van der Waals surface area contributed by atoms with Crippen LogP contribution in [0.3, 0.4) is 0 Å². The van der Waals surface area contributed by atoms with E-state index in [1.807, 2.05) is 19.1 Å². The lowest BCUT2D eigenvalue weighted by molar-refractivity contribution is 0.0922. The maximum Gasteiger partial charge on any atom is 0.255 e. The Bertz CT molecular complexity index is 796. The Morgan fingerprint density at radius 1 is 1.38 bits per heavy atom. The van der Waals surface area contributed by atoms with Gasteiger partial charge in [-0.25, -0.2) is 4.98 Å². The third-order valence-electron chi connectivity index (χ3n) is 5.24. The number of carbonyl (C=O) groups is 1. The SMILES string of the molecule is Cc1cn2c(n1)CC[C@H](NC(=O)c1cccc3c1O[C@H](C)[C@@H]3C)C2. The molecular formula is C19H23N3O2. The molecule has 0 spiro atoms. The Balaban J connectivity index is 1.52. The second kappa shape index (κ2) is 5.65. The van der Waals surface area contributed by atoms with E-state index in [9.17, 15) is 4.79 Å². The first-order valence-electron chi connectivity index (χ1n) is 8.66. The van der Waals surface area contributed by atoms with Crippen molar-refractivity contribution in [3.8, 4) is 5.75 Å². The number of para-hydroxylation sites is 1. The van der Waals surface area contributed by atoms with E-state index in [2.05, 4.69) is 41.0 Å². The molecule has 5 nitrogen and oxygen atoms in total. The third-order valence-corrected chi connectivity index (χ3v) is 5.24. The second-order valence-electron chi connectivity index (χ2n) is 7.00. The highest BCUT2D eigenvalue weighted by molar-refractivity contribution is 5.97. The number of aromatic nitrogens is 2. The summed E-state index contributed by atoms with van der Waals surface area (Å²) < 4.78 is 8.10. The number of fused-ring (bicyclic) bond motifs is 2. The van der Waals surface area contributed by atoms with E-state index >= 15 is 0 Å². The van der Waals surface area contributed by atoms with Crippen LogP contribution >= 0.6 is 0 Å². The average Bonchev–Trinajstić information content (AvgIpc) is 3.06. The topological polar surface area (TPSA) is 56.2 Å². The van der Waals surface area contributed by atoms with Gasteiger partial charge in [-0.3, -0.25) is 4.79 Å². The van der Waals surface area contributed by atoms with Crippen LogP contribution in [0.2, 0.25) is 0 Å². The Morgan fingerprint density at radius 3 is 3.04 bits per heavy atom. The molecule has 126 valence electrons. The number of nitrogens with zero attached hydrogens (tertiary/aromatic N) is 2. The lowest BCUT2D eigenvalue weighted by Gasteiger charge is -2.25. The summed E-state index contributed by atoms with van der Waals surface area (Å²) in [6, 6.07) is 5.99. The molecule has 1 aromatic carbocycles. The molecule has 0 saturated carbocycles. The molecule has 1 amide bonds. The molecule has 2 aliphatic rings. The van der Waals surface area contributed by atoms with Gasteiger partial charge < -0.3 is 14.6 Å². The average molecular weight is 325 g/mol. The van der Waals surface area contributed by atoms with Crippen molar-refractivity contribution >= 4 is 5.91 Å². The van der Waals surface area contributed by atoms with E-state index in [1.54, 1.807) is 0 Å². The van der Waals surface area contributed by atoms with Crippen molar-refractivity contribution in [2.24, 2.45) is 0 Å². The maximum absolute atomic E-state index is 12.8. The number of benzene rings is 1. The zero-order chi connectivity index (χ0) is 16.8. The van der Waals surface area contributed by atoms with Crippen molar-refractivity contribution < 1.29 is 9.53 Å². The van der Waals surface area contributed by atoms with Crippen LogP contribution in [0.4, 0.5) is 0 Å². The second-order valence-corrected chi connectivity index (χ2v) is 7.00. The molecular weight excluding hydrogens is 302 g/mol. The molecule has 3 heterocycles. The minimum atomic E-state index is -0.0431. The monoisotopic (exact) mass is 325 g/mol. The third kappa shape index (κ3) is 2.48. The van der Waals surface area contributed by atoms with Crippen LogP contribution in [0.1, 0.15) is 53.6 Å². The molecule has 5 heteroatoms. The first-order chi connectivity index (χ1) is 11.5. The fourth-order valence-corrected chi connectivity index (χ4v) is 3.73. The van der Waals surface area contributed by atoms with Crippen molar-refractivity contribution in [2.45, 2.75) is 58.2 Å². The highest BCUT2D eigenvalue weighted by Gasteiger charge is 2.32. The predicted molar refractivity (Wildman–Crippen MR) is 91.5 cm³/mol. The summed E-state index contributed by atoms with van der Waals surface area (Å²) in [4.78, 5) is 17.3. The normalized spacial score (nSPS) is 24.9. The number of aryl methyl sites for hydroxylation is 2. The van der Waals surface area contributed by atoms with E-state index in [0.29, 0.717) is 11.5 Å². The van der Waals surface area contributed by atoms with E-state index < -0.39 is 0 Å². The zero-order valence-corrected chi connectivity index (χ0v) is 14.4. The molecule has 2 aromatic rings. The van der Waals surface area contributed by atoms with Gasteiger partial charge in [0.05, 0.1) is 11.3 Å². The molecule has 2 aliphatic heterocycles. The van der Waals surface area contributed by atoms with Crippen LogP contribution in [-0.2, 0) is 13.0 Å². The Kier molecular flexibility index (Phi) is 3.59. The first kappa shape index (κ1) is 15.2. The van der Waals surface area contributed by atoms with Crippen LogP contribution < -0.4 is 10.1 Å². The molecule has 4 rings (SSSR count). The molecule has 0 saturated heterocycles. The van der Waals surface area contributed by atoms with Crippen LogP contribution in [-0.4, -0.2) is 27.6 Å². The summed E-state index contributed by atoms with van der Waals surface area (Å²) in [6.45, 7) is 6.98. The van der Waals surface area contributed by atoms with E-state index in [4.69, 9.17) is 4.74 Å². The molecule has 0 fully saturated rings. The van der Waals surface area contributed by atoms with Gasteiger partial charge in [0.2, 0.25) is 0 Å². The lowest BCUT2D eigenvalue weighted by Crippen LogP contribution is -2.41. The summed E-state index contributed by atoms with van der Waals surface area (Å²) in [7, 11) is 0. The number of ether oxygens (including phenoxy) is 1. The number of nitrogens with one attached hydrogen (secondary N) is 1. The van der Waals surface area contributed by atoms with E-state index in [-0.39, 0.29) is 18.1 Å². The van der Waals surface area contributed by atoms with E-state index in [1.165, 1.54) is 0 Å². The Labute approximate surface area is 142 Å². The highest BCUT2D eigenvalue weighted by Crippen LogP contribution is 2.40. The van der Waals surface area contributed by atoms with Crippen molar-refractivity contribution in [3.63, 3.8) is 0 Å². The smallest absolute Gasteiger partial charge is 0.255 e. The number of rotatable bonds is 2. The van der Waals surface area contributed by atoms with Gasteiger partial charge in [0.1, 0.15) is 17.7 Å². The van der Waals surface area contributed by atoms with Gasteiger partial charge in [-0.2, -0.15) is 0 Å². The number of imidazole rings is 1. The van der Waals surface area contributed by atoms with Crippen LogP contribution in [0.5, 0.6) is 5.75 Å². The van der Waals surface area contributed by atoms with Crippen molar-refractivity contribution in [3.05, 3.63) is 47.0 Å². The summed E-state index contributed by atoms with van der Waals surface area (Å²) in [5.74, 6) is 2.15. The molecule has 24 heavy (non-hydrogen) atoms. The molecule has 0 bridgehead atoms. The molecule has 3 atom stereocenters. The van der Waals surface area contributed by atoms with Crippen LogP contribution in [0.25, 0.3) is 0 Å². The summed E-state index contributed by atoms with van der Waals surface area (Å²) in [6.07, 6.45) is 3.99. The number of amides is 1. The molecule has 0 aliphatic carbocycles. The van der Waals surface area contributed by atoms with Crippen LogP contribution in [0.15, 0.2) is 24.4 Å². The molecule has 1 N–H and O–H groups in total. The number of hydrogen-bond acceptors (Lipinski definition) is 3. The summed E-state index contributed by atoms with van der Waals surface area (Å²) in [5, 5.41) is 3.18. The van der Waals surface area contributed by atoms with Crippen molar-refractivity contribution in [1.29, 1.82) is 0 Å². The Morgan fingerprint density at radius 2 is 2.21 bits per heavy atom. The maximum atomic E-state index is 12.8. The minimum absolute atomic E-state index is 0.0431. The van der Waals surface area contributed by atoms with Gasteiger partial charge in [0.15, 0.2) is 0 Å². The predicted octanol–water partition coefficient (Wildman–Crippen LogP) is 2.82. The van der Waals surface area contributed by atoms with Gasteiger partial charge in [-0.15, -0.1) is 0 Å². The fourth-order valence-electron chi connectivity index (χ4n) is 3.73. The number of carbonyl (C=O) groups excluding carboxylic acids is 1.